The number of hydrogen-bond donors (Lipinski definition) is 1. The number of hydrogen-bond acceptors (Lipinski definition) is 1. The van der Waals surface area contributed by atoms with Crippen molar-refractivity contribution < 1.29 is 0 Å². The largest absolute Gasteiger partial charge is 0.303 e. The molecule has 0 aromatic carbocycles. The summed E-state index contributed by atoms with van der Waals surface area (Å²) in [5, 5.41) is 3.15. The molecule has 40 valence electrons. The lowest BCUT2D eigenvalue weighted by Crippen LogP contribution is -2.29. The Morgan fingerprint density at radius 2 is 2.29 bits per heavy atom. The molecule has 1 fully saturated rings. The first-order chi connectivity index (χ1) is 3.21. The molecule has 0 amide bonds. The number of nitrogens with one attached hydrogen (secondary N) is 1. The highest BCUT2D eigenvalue weighted by Crippen LogP contribution is 2.18. The fraction of sp³-hybridized carbons (Fsp3) is 0.833. The van der Waals surface area contributed by atoms with Crippen LogP contribution < -0.4 is 5.32 Å². The van der Waals surface area contributed by atoms with Gasteiger partial charge < -0.3 is 5.32 Å². The smallest absolute Gasteiger partial charge is 0.0591 e. The van der Waals surface area contributed by atoms with Crippen LogP contribution >= 0.6 is 0 Å². The zero-order valence-corrected chi connectivity index (χ0v) is 4.91. The van der Waals surface area contributed by atoms with Crippen LogP contribution in [0.5, 0.6) is 0 Å². The van der Waals surface area contributed by atoms with Crippen molar-refractivity contribution in [2.45, 2.75) is 32.2 Å². The van der Waals surface area contributed by atoms with Gasteiger partial charge in [0, 0.05) is 5.54 Å². The molecule has 1 heteroatoms. The molecular formula is C6H11N. The lowest BCUT2D eigenvalue weighted by atomic mass is 10.0. The highest BCUT2D eigenvalue weighted by Gasteiger charge is 2.21. The first kappa shape index (κ1) is 5.10. The van der Waals surface area contributed by atoms with Crippen LogP contribution in [-0.4, -0.2) is 5.54 Å². The normalized spacial score (nSPS) is 28.3. The summed E-state index contributed by atoms with van der Waals surface area (Å²) in [6.45, 7) is 7.44. The van der Waals surface area contributed by atoms with E-state index < -0.39 is 0 Å². The van der Waals surface area contributed by atoms with E-state index >= 15 is 0 Å². The van der Waals surface area contributed by atoms with Gasteiger partial charge in [-0.25, -0.2) is 0 Å². The summed E-state index contributed by atoms with van der Waals surface area (Å²) in [6.07, 6.45) is 2.33. The standard InChI is InChI=1S/C6H11N/c1-6(2)4-3-5-7-6/h7H,3-4H2,1-2H3. The van der Waals surface area contributed by atoms with Crippen LogP contribution in [0.15, 0.2) is 0 Å². The molecule has 1 heterocycles. The van der Waals surface area contributed by atoms with Gasteiger partial charge in [0.25, 0.3) is 0 Å². The van der Waals surface area contributed by atoms with Gasteiger partial charge in [0.05, 0.1) is 6.54 Å². The molecule has 0 bridgehead atoms. The van der Waals surface area contributed by atoms with Gasteiger partial charge in [-0.05, 0) is 26.7 Å². The minimum Gasteiger partial charge on any atom is -0.303 e. The molecule has 1 aliphatic heterocycles. The van der Waals surface area contributed by atoms with Crippen molar-refractivity contribution in [3.05, 3.63) is 6.54 Å². The average Bonchev–Trinajstić information content (AvgIpc) is 1.84. The summed E-state index contributed by atoms with van der Waals surface area (Å²) >= 11 is 0. The monoisotopic (exact) mass is 97.1 g/mol. The predicted octanol–water partition coefficient (Wildman–Crippen LogP) is 1.19. The van der Waals surface area contributed by atoms with Crippen molar-refractivity contribution in [2.24, 2.45) is 0 Å². The van der Waals surface area contributed by atoms with E-state index in [-0.39, 0.29) is 0 Å². The Labute approximate surface area is 45.1 Å². The van der Waals surface area contributed by atoms with E-state index in [2.05, 4.69) is 25.7 Å². The zero-order valence-electron chi connectivity index (χ0n) is 4.91. The van der Waals surface area contributed by atoms with E-state index in [0.29, 0.717) is 5.54 Å². The Morgan fingerprint density at radius 1 is 1.57 bits per heavy atom. The summed E-state index contributed by atoms with van der Waals surface area (Å²) in [4.78, 5) is 0. The van der Waals surface area contributed by atoms with E-state index in [9.17, 15) is 0 Å². The first-order valence-corrected chi connectivity index (χ1v) is 2.71. The molecule has 1 N–H and O–H groups in total. The van der Waals surface area contributed by atoms with Crippen LogP contribution in [0.3, 0.4) is 0 Å². The molecule has 2 radical (unpaired) electrons. The van der Waals surface area contributed by atoms with Crippen molar-refractivity contribution in [2.75, 3.05) is 0 Å². The maximum atomic E-state index is 3.15. The number of rotatable bonds is 0. The highest BCUT2D eigenvalue weighted by atomic mass is 15.0. The molecule has 1 aliphatic rings. The zero-order chi connectivity index (χ0) is 5.33. The quantitative estimate of drug-likeness (QED) is 0.478. The fourth-order valence-corrected chi connectivity index (χ4v) is 0.739. The lowest BCUT2D eigenvalue weighted by Gasteiger charge is -2.15. The fourth-order valence-electron chi connectivity index (χ4n) is 0.739. The van der Waals surface area contributed by atoms with E-state index in [0.717, 1.165) is 6.42 Å². The second-order valence-corrected chi connectivity index (χ2v) is 2.69. The van der Waals surface area contributed by atoms with E-state index in [1.54, 1.807) is 0 Å². The molecule has 7 heavy (non-hydrogen) atoms. The van der Waals surface area contributed by atoms with Crippen molar-refractivity contribution in [1.82, 2.24) is 5.32 Å². The SMILES string of the molecule is CC1(C)CC[C]N1. The van der Waals surface area contributed by atoms with Crippen molar-refractivity contribution in [1.29, 1.82) is 0 Å². The Kier molecular flexibility index (Phi) is 1.08. The molecule has 1 nitrogen and oxygen atoms in total. The lowest BCUT2D eigenvalue weighted by molar-refractivity contribution is 0.469. The van der Waals surface area contributed by atoms with E-state index in [1.807, 2.05) is 0 Å². The third-order valence-corrected chi connectivity index (χ3v) is 1.30. The molecule has 0 spiro atoms. The van der Waals surface area contributed by atoms with Gasteiger partial charge in [-0.1, -0.05) is 0 Å². The molecule has 1 saturated heterocycles. The van der Waals surface area contributed by atoms with Gasteiger partial charge in [0.2, 0.25) is 0 Å². The van der Waals surface area contributed by atoms with Crippen LogP contribution in [0.4, 0.5) is 0 Å². The Hall–Kier alpha value is -0.0400. The molecule has 0 aromatic heterocycles. The van der Waals surface area contributed by atoms with E-state index in [4.69, 9.17) is 0 Å². The second kappa shape index (κ2) is 1.48. The van der Waals surface area contributed by atoms with Gasteiger partial charge in [0.1, 0.15) is 0 Å². The average molecular weight is 97.2 g/mol. The summed E-state index contributed by atoms with van der Waals surface area (Å²) in [5.74, 6) is 0. The Morgan fingerprint density at radius 3 is 2.43 bits per heavy atom. The third kappa shape index (κ3) is 1.16. The maximum absolute atomic E-state index is 3.15. The van der Waals surface area contributed by atoms with Crippen LogP contribution in [0.2, 0.25) is 0 Å². The Bertz CT molecular complexity index is 58.6. The van der Waals surface area contributed by atoms with Crippen molar-refractivity contribution in [3.63, 3.8) is 0 Å². The summed E-state index contributed by atoms with van der Waals surface area (Å²) < 4.78 is 0. The molecule has 0 atom stereocenters. The van der Waals surface area contributed by atoms with Gasteiger partial charge in [-0.3, -0.25) is 0 Å². The first-order valence-electron chi connectivity index (χ1n) is 2.71. The molecular weight excluding hydrogens is 86.1 g/mol. The summed E-state index contributed by atoms with van der Waals surface area (Å²) in [5.41, 5.74) is 0.333. The molecule has 0 unspecified atom stereocenters. The van der Waals surface area contributed by atoms with Crippen LogP contribution in [0.1, 0.15) is 26.7 Å². The van der Waals surface area contributed by atoms with Crippen molar-refractivity contribution in [3.8, 4) is 0 Å². The highest BCUT2D eigenvalue weighted by molar-refractivity contribution is 4.89. The summed E-state index contributed by atoms with van der Waals surface area (Å²) in [7, 11) is 0. The minimum absolute atomic E-state index is 0.333. The van der Waals surface area contributed by atoms with Crippen LogP contribution in [0.25, 0.3) is 0 Å². The van der Waals surface area contributed by atoms with Gasteiger partial charge in [-0.15, -0.1) is 0 Å². The summed E-state index contributed by atoms with van der Waals surface area (Å²) in [6, 6.07) is 0. The van der Waals surface area contributed by atoms with E-state index in [1.165, 1.54) is 6.42 Å². The molecule has 0 aliphatic carbocycles. The maximum Gasteiger partial charge on any atom is 0.0591 e. The van der Waals surface area contributed by atoms with Crippen LogP contribution in [-0.2, 0) is 0 Å². The predicted molar refractivity (Wildman–Crippen MR) is 29.7 cm³/mol. The third-order valence-electron chi connectivity index (χ3n) is 1.30. The van der Waals surface area contributed by atoms with Gasteiger partial charge in [0.15, 0.2) is 0 Å². The molecule has 0 saturated carbocycles. The Balaban J connectivity index is 2.40. The van der Waals surface area contributed by atoms with Crippen molar-refractivity contribution >= 4 is 0 Å². The minimum atomic E-state index is 0.333. The molecule has 1 rings (SSSR count). The van der Waals surface area contributed by atoms with Gasteiger partial charge in [-0.2, -0.15) is 0 Å². The topological polar surface area (TPSA) is 12.0 Å². The van der Waals surface area contributed by atoms with Crippen LogP contribution in [0, 0.1) is 6.54 Å². The molecule has 0 aromatic rings. The van der Waals surface area contributed by atoms with Gasteiger partial charge >= 0.3 is 0 Å². The second-order valence-electron chi connectivity index (χ2n) is 2.69.